The fraction of sp³-hybridized carbons (Fsp3) is 0.308. The Kier molecular flexibility index (Phi) is 6.42. The molecule has 35 heavy (non-hydrogen) atoms. The lowest BCUT2D eigenvalue weighted by atomic mass is 9.70. The summed E-state index contributed by atoms with van der Waals surface area (Å²) in [6, 6.07) is 11.9. The maximum atomic E-state index is 14.0. The summed E-state index contributed by atoms with van der Waals surface area (Å²) in [5.41, 5.74) is 2.03. The van der Waals surface area contributed by atoms with Crippen molar-refractivity contribution in [1.82, 2.24) is 9.97 Å². The number of aromatic nitrogens is 2. The highest BCUT2D eigenvalue weighted by Crippen LogP contribution is 2.45. The van der Waals surface area contributed by atoms with Crippen LogP contribution in [0, 0.1) is 11.7 Å². The Morgan fingerprint density at radius 3 is 2.63 bits per heavy atom. The van der Waals surface area contributed by atoms with Crippen LogP contribution in [-0.2, 0) is 10.5 Å². The van der Waals surface area contributed by atoms with Crippen molar-refractivity contribution in [3.8, 4) is 11.5 Å². The minimum atomic E-state index is -0.535. The summed E-state index contributed by atoms with van der Waals surface area (Å²) in [4.78, 5) is 38.6. The van der Waals surface area contributed by atoms with Crippen LogP contribution in [0.5, 0.6) is 11.5 Å². The van der Waals surface area contributed by atoms with Crippen molar-refractivity contribution >= 4 is 29.1 Å². The summed E-state index contributed by atoms with van der Waals surface area (Å²) >= 11 is 1.23. The van der Waals surface area contributed by atoms with Gasteiger partial charge in [0.15, 0.2) is 22.5 Å². The molecule has 1 aromatic heterocycles. The van der Waals surface area contributed by atoms with Crippen molar-refractivity contribution in [2.45, 2.75) is 36.1 Å². The molecule has 2 atom stereocenters. The molecule has 1 saturated carbocycles. The number of Topliss-reactive ketones (excluding diaryl/α,β-unsaturated/α-hetero) is 1. The first-order valence-electron chi connectivity index (χ1n) is 11.3. The van der Waals surface area contributed by atoms with Gasteiger partial charge in [0, 0.05) is 23.8 Å². The van der Waals surface area contributed by atoms with Crippen LogP contribution >= 0.6 is 11.8 Å². The highest BCUT2D eigenvalue weighted by molar-refractivity contribution is 7.98. The van der Waals surface area contributed by atoms with Crippen LogP contribution in [0.4, 0.5) is 10.2 Å². The van der Waals surface area contributed by atoms with Crippen LogP contribution in [0.3, 0.4) is 0 Å². The molecule has 0 saturated heterocycles. The summed E-state index contributed by atoms with van der Waals surface area (Å²) in [5.74, 6) is 0.399. The van der Waals surface area contributed by atoms with E-state index in [4.69, 9.17) is 9.47 Å². The molecule has 0 amide bonds. The van der Waals surface area contributed by atoms with E-state index >= 15 is 0 Å². The third-order valence-corrected chi connectivity index (χ3v) is 7.38. The van der Waals surface area contributed by atoms with Crippen LogP contribution in [-0.4, -0.2) is 35.7 Å². The van der Waals surface area contributed by atoms with Gasteiger partial charge < -0.3 is 14.5 Å². The number of aromatic amines is 1. The lowest BCUT2D eigenvalue weighted by Gasteiger charge is -2.34. The Morgan fingerprint density at radius 1 is 1.06 bits per heavy atom. The lowest BCUT2D eigenvalue weighted by Crippen LogP contribution is -2.39. The zero-order valence-electron chi connectivity index (χ0n) is 19.3. The summed E-state index contributed by atoms with van der Waals surface area (Å²) < 4.78 is 24.9. The Morgan fingerprint density at radius 2 is 1.86 bits per heavy atom. The second-order valence-corrected chi connectivity index (χ2v) is 9.45. The van der Waals surface area contributed by atoms with Gasteiger partial charge in [0.25, 0.3) is 5.56 Å². The third-order valence-electron chi connectivity index (χ3n) is 6.46. The molecule has 2 heterocycles. The van der Waals surface area contributed by atoms with Gasteiger partial charge in [-0.15, -0.1) is 0 Å². The number of carbonyl (C=O) groups excluding carboxylic acids is 1. The first-order valence-corrected chi connectivity index (χ1v) is 12.3. The van der Waals surface area contributed by atoms with Crippen molar-refractivity contribution in [3.05, 3.63) is 75.3 Å². The van der Waals surface area contributed by atoms with Crippen LogP contribution < -0.4 is 15.0 Å². The number of ketones is 1. The van der Waals surface area contributed by atoms with E-state index in [1.807, 2.05) is 6.07 Å². The average molecular weight is 494 g/mol. The molecule has 3 aromatic rings. The van der Waals surface area contributed by atoms with Crippen LogP contribution in [0.1, 0.15) is 41.9 Å². The SMILES string of the molecule is COc1ccc(C2c3c(nc(SCc4ccccc4F)[nH]c3=O)N=C3CCCC(=O)C32)cc1OC. The number of methoxy groups -OCH3 is 2. The van der Waals surface area contributed by atoms with Crippen molar-refractivity contribution < 1.29 is 18.7 Å². The number of hydrogen-bond acceptors (Lipinski definition) is 7. The number of nitrogens with zero attached hydrogens (tertiary/aromatic N) is 2. The molecule has 1 aliphatic heterocycles. The minimum absolute atomic E-state index is 0.0674. The van der Waals surface area contributed by atoms with E-state index in [1.165, 1.54) is 17.8 Å². The van der Waals surface area contributed by atoms with E-state index in [1.54, 1.807) is 44.6 Å². The molecule has 2 aromatic carbocycles. The number of nitrogens with one attached hydrogen (secondary N) is 1. The van der Waals surface area contributed by atoms with E-state index in [2.05, 4.69) is 15.0 Å². The second-order valence-electron chi connectivity index (χ2n) is 8.48. The van der Waals surface area contributed by atoms with Crippen molar-refractivity contribution in [3.63, 3.8) is 0 Å². The predicted octanol–water partition coefficient (Wildman–Crippen LogP) is 4.81. The number of hydrogen-bond donors (Lipinski definition) is 1. The fourth-order valence-corrected chi connectivity index (χ4v) is 5.64. The van der Waals surface area contributed by atoms with Crippen molar-refractivity contribution in [2.24, 2.45) is 10.9 Å². The summed E-state index contributed by atoms with van der Waals surface area (Å²) in [5, 5.41) is 0.355. The van der Waals surface area contributed by atoms with Gasteiger partial charge >= 0.3 is 0 Å². The molecule has 0 bridgehead atoms. The summed E-state index contributed by atoms with van der Waals surface area (Å²) in [6.07, 6.45) is 1.84. The average Bonchev–Trinajstić information content (AvgIpc) is 2.86. The Bertz CT molecular complexity index is 1390. The van der Waals surface area contributed by atoms with Crippen molar-refractivity contribution in [2.75, 3.05) is 14.2 Å². The highest BCUT2D eigenvalue weighted by atomic mass is 32.2. The molecular formula is C26H24FN3O4S. The van der Waals surface area contributed by atoms with Gasteiger partial charge in [0.2, 0.25) is 0 Å². The molecule has 1 N–H and O–H groups in total. The zero-order chi connectivity index (χ0) is 24.5. The molecule has 1 fully saturated rings. The van der Waals surface area contributed by atoms with E-state index < -0.39 is 11.8 Å². The Labute approximate surface area is 205 Å². The van der Waals surface area contributed by atoms with E-state index in [9.17, 15) is 14.0 Å². The number of halogens is 1. The molecule has 1 aliphatic carbocycles. The molecular weight excluding hydrogens is 469 g/mol. The Hall–Kier alpha value is -3.46. The number of rotatable bonds is 6. The monoisotopic (exact) mass is 493 g/mol. The number of ether oxygens (including phenoxy) is 2. The predicted molar refractivity (Wildman–Crippen MR) is 132 cm³/mol. The number of H-pyrrole nitrogens is 1. The van der Waals surface area contributed by atoms with Crippen LogP contribution in [0.2, 0.25) is 0 Å². The molecule has 5 rings (SSSR count). The third kappa shape index (κ3) is 4.36. The fourth-order valence-electron chi connectivity index (χ4n) is 4.80. The first kappa shape index (κ1) is 23.3. The number of fused-ring (bicyclic) bond motifs is 2. The quantitative estimate of drug-likeness (QED) is 0.391. The van der Waals surface area contributed by atoms with Gasteiger partial charge in [-0.3, -0.25) is 9.59 Å². The number of aliphatic imine (C=N–C) groups is 1. The molecule has 180 valence electrons. The lowest BCUT2D eigenvalue weighted by molar-refractivity contribution is -0.121. The van der Waals surface area contributed by atoms with Gasteiger partial charge in [0.1, 0.15) is 11.6 Å². The Balaban J connectivity index is 1.59. The van der Waals surface area contributed by atoms with Gasteiger partial charge in [-0.1, -0.05) is 36.0 Å². The van der Waals surface area contributed by atoms with Crippen LogP contribution in [0.25, 0.3) is 0 Å². The largest absolute Gasteiger partial charge is 0.493 e. The van der Waals surface area contributed by atoms with Gasteiger partial charge in [-0.05, 0) is 42.2 Å². The maximum Gasteiger partial charge on any atom is 0.257 e. The number of carbonyl (C=O) groups is 1. The zero-order valence-corrected chi connectivity index (χ0v) is 20.2. The second kappa shape index (κ2) is 9.65. The minimum Gasteiger partial charge on any atom is -0.493 e. The van der Waals surface area contributed by atoms with Crippen LogP contribution in [0.15, 0.2) is 57.4 Å². The molecule has 2 unspecified atom stereocenters. The first-order chi connectivity index (χ1) is 17.0. The smallest absolute Gasteiger partial charge is 0.257 e. The van der Waals surface area contributed by atoms with E-state index in [0.717, 1.165) is 17.7 Å². The molecule has 9 heteroatoms. The highest BCUT2D eigenvalue weighted by Gasteiger charge is 2.43. The normalized spacial score (nSPS) is 18.9. The number of benzene rings is 2. The van der Waals surface area contributed by atoms with E-state index in [0.29, 0.717) is 52.2 Å². The van der Waals surface area contributed by atoms with Crippen molar-refractivity contribution in [1.29, 1.82) is 0 Å². The van der Waals surface area contributed by atoms with Gasteiger partial charge in [-0.2, -0.15) is 0 Å². The molecule has 7 nitrogen and oxygen atoms in total. The van der Waals surface area contributed by atoms with Gasteiger partial charge in [-0.25, -0.2) is 14.4 Å². The molecule has 0 radical (unpaired) electrons. The molecule has 0 spiro atoms. The summed E-state index contributed by atoms with van der Waals surface area (Å²) in [6.45, 7) is 0. The standard InChI is InChI=1S/C26H24FN3O4S/c1-33-19-11-10-14(12-20(19)34-2)21-22-17(8-5-9-18(22)31)28-24-23(21)25(32)30-26(29-24)35-13-15-6-3-4-7-16(15)27/h3-4,6-7,10-12,21-22H,5,8-9,13H2,1-2H3,(H,29,30,32). The van der Waals surface area contributed by atoms with Gasteiger partial charge in [0.05, 0.1) is 25.7 Å². The summed E-state index contributed by atoms with van der Waals surface area (Å²) in [7, 11) is 3.10. The van der Waals surface area contributed by atoms with E-state index in [-0.39, 0.29) is 17.2 Å². The molecule has 2 aliphatic rings. The maximum absolute atomic E-state index is 14.0. The topological polar surface area (TPSA) is 93.6 Å². The number of thioether (sulfide) groups is 1.